The molecule has 2 aliphatic rings. The van der Waals surface area contributed by atoms with E-state index in [9.17, 15) is 4.79 Å². The van der Waals surface area contributed by atoms with E-state index in [1.165, 1.54) is 0 Å². The first-order chi connectivity index (χ1) is 10.8. The molecule has 0 atom stereocenters. The second-order valence-corrected chi connectivity index (χ2v) is 5.60. The highest BCUT2D eigenvalue weighted by atomic mass is 35.5. The van der Waals surface area contributed by atoms with Crippen molar-refractivity contribution in [2.45, 2.75) is 25.9 Å². The monoisotopic (exact) mass is 373 g/mol. The molecule has 2 aliphatic heterocycles. The predicted molar refractivity (Wildman–Crippen MR) is 96.6 cm³/mol. The first-order valence-electron chi connectivity index (χ1n) is 7.69. The van der Waals surface area contributed by atoms with Gasteiger partial charge in [0.2, 0.25) is 0 Å². The lowest BCUT2D eigenvalue weighted by molar-refractivity contribution is 0.102. The van der Waals surface area contributed by atoms with Gasteiger partial charge in [0.15, 0.2) is 0 Å². The van der Waals surface area contributed by atoms with Crippen molar-refractivity contribution in [3.05, 3.63) is 23.9 Å². The molecule has 0 saturated heterocycles. The molecule has 0 bridgehead atoms. The Morgan fingerprint density at radius 2 is 2.08 bits per heavy atom. The third kappa shape index (κ3) is 3.50. The zero-order chi connectivity index (χ0) is 14.9. The third-order valence-electron chi connectivity index (χ3n) is 4.07. The van der Waals surface area contributed by atoms with E-state index in [4.69, 9.17) is 0 Å². The highest BCUT2D eigenvalue weighted by Gasteiger charge is 2.19. The van der Waals surface area contributed by atoms with E-state index in [2.05, 4.69) is 30.6 Å². The summed E-state index contributed by atoms with van der Waals surface area (Å²) >= 11 is 0. The van der Waals surface area contributed by atoms with Crippen molar-refractivity contribution >= 4 is 42.2 Å². The number of amides is 1. The largest absolute Gasteiger partial charge is 0.368 e. The second kappa shape index (κ2) is 7.87. The number of halogens is 2. The summed E-state index contributed by atoms with van der Waals surface area (Å²) in [4.78, 5) is 16.9. The smallest absolute Gasteiger partial charge is 0.276 e. The lowest BCUT2D eigenvalue weighted by Gasteiger charge is -2.16. The van der Waals surface area contributed by atoms with Gasteiger partial charge in [-0.2, -0.15) is 5.10 Å². The quantitative estimate of drug-likeness (QED) is 0.734. The van der Waals surface area contributed by atoms with Crippen molar-refractivity contribution < 1.29 is 4.79 Å². The lowest BCUT2D eigenvalue weighted by Crippen LogP contribution is -2.20. The minimum Gasteiger partial charge on any atom is -0.368 e. The molecule has 0 saturated carbocycles. The van der Waals surface area contributed by atoms with E-state index >= 15 is 0 Å². The van der Waals surface area contributed by atoms with E-state index in [1.807, 2.05) is 10.9 Å². The van der Waals surface area contributed by atoms with E-state index in [0.29, 0.717) is 5.69 Å². The van der Waals surface area contributed by atoms with Crippen LogP contribution in [0, 0.1) is 0 Å². The van der Waals surface area contributed by atoms with E-state index < -0.39 is 0 Å². The topological polar surface area (TPSA) is 88.8 Å². The van der Waals surface area contributed by atoms with Gasteiger partial charge in [-0.1, -0.05) is 0 Å². The zero-order valence-corrected chi connectivity index (χ0v) is 14.8. The van der Waals surface area contributed by atoms with Crippen molar-refractivity contribution in [3.63, 3.8) is 0 Å². The van der Waals surface area contributed by atoms with Crippen LogP contribution in [0.3, 0.4) is 0 Å². The molecular formula is C14H21Cl2N7O. The fourth-order valence-corrected chi connectivity index (χ4v) is 2.94. The molecule has 4 heterocycles. The number of nitrogens with zero attached hydrogens (tertiary/aromatic N) is 4. The Morgan fingerprint density at radius 1 is 1.21 bits per heavy atom. The van der Waals surface area contributed by atoms with Crippen molar-refractivity contribution in [2.24, 2.45) is 0 Å². The minimum absolute atomic E-state index is 0. The molecule has 10 heteroatoms. The van der Waals surface area contributed by atoms with Gasteiger partial charge in [-0.3, -0.25) is 4.79 Å². The molecule has 8 nitrogen and oxygen atoms in total. The second-order valence-electron chi connectivity index (χ2n) is 5.60. The maximum Gasteiger partial charge on any atom is 0.276 e. The summed E-state index contributed by atoms with van der Waals surface area (Å²) < 4.78 is 3.94. The van der Waals surface area contributed by atoms with Crippen molar-refractivity contribution in [1.29, 1.82) is 0 Å². The fraction of sp³-hybridized carbons (Fsp3) is 0.500. The maximum absolute atomic E-state index is 12.4. The number of nitrogens with one attached hydrogen (secondary N) is 3. The number of hydrogen-bond donors (Lipinski definition) is 3. The number of anilines is 2. The molecule has 2 aromatic heterocycles. The number of imidazole rings is 1. The molecular weight excluding hydrogens is 353 g/mol. The summed E-state index contributed by atoms with van der Waals surface area (Å²) in [5.41, 5.74) is 1.18. The van der Waals surface area contributed by atoms with Gasteiger partial charge in [0.05, 0.1) is 6.20 Å². The highest BCUT2D eigenvalue weighted by molar-refractivity contribution is 6.04. The molecule has 0 fully saturated rings. The van der Waals surface area contributed by atoms with Crippen molar-refractivity contribution in [3.8, 4) is 0 Å². The number of carbonyl (C=O) groups is 1. The summed E-state index contributed by atoms with van der Waals surface area (Å²) in [6.45, 7) is 4.44. The molecule has 24 heavy (non-hydrogen) atoms. The summed E-state index contributed by atoms with van der Waals surface area (Å²) in [6.07, 6.45) is 5.42. The number of aromatic nitrogens is 4. The standard InChI is InChI=1S/C14H19N7O.2ClH/c22-14(11-9-20-7-5-15-4-2-12(20)18-11)19-10-8-17-21-6-1-3-16-13(10)21;;/h8-9,15-16H,1-7H2,(H,19,22);2*1H. The molecule has 132 valence electrons. The Balaban J connectivity index is 0.00000104. The molecule has 2 aromatic rings. The highest BCUT2D eigenvalue weighted by Crippen LogP contribution is 2.24. The fourth-order valence-electron chi connectivity index (χ4n) is 2.94. The van der Waals surface area contributed by atoms with Crippen LogP contribution in [0.4, 0.5) is 11.5 Å². The SMILES string of the molecule is Cl.Cl.O=C(Nc1cnn2c1NCCC2)c1cn2c(n1)CCNCC2. The van der Waals surface area contributed by atoms with Crippen molar-refractivity contribution in [1.82, 2.24) is 24.6 Å². The van der Waals surface area contributed by atoms with Gasteiger partial charge < -0.3 is 20.5 Å². The van der Waals surface area contributed by atoms with Gasteiger partial charge in [-0.05, 0) is 6.42 Å². The third-order valence-corrected chi connectivity index (χ3v) is 4.07. The number of carbonyl (C=O) groups excluding carboxylic acids is 1. The number of fused-ring (bicyclic) bond motifs is 2. The number of hydrogen-bond acceptors (Lipinski definition) is 5. The zero-order valence-electron chi connectivity index (χ0n) is 13.1. The van der Waals surface area contributed by atoms with E-state index in [0.717, 1.165) is 62.9 Å². The van der Waals surface area contributed by atoms with Crippen LogP contribution in [0.25, 0.3) is 0 Å². The first kappa shape index (κ1) is 18.6. The summed E-state index contributed by atoms with van der Waals surface area (Å²) in [5, 5.41) is 13.8. The van der Waals surface area contributed by atoms with Crippen LogP contribution in [-0.2, 0) is 19.5 Å². The van der Waals surface area contributed by atoms with Gasteiger partial charge >= 0.3 is 0 Å². The summed E-state index contributed by atoms with van der Waals surface area (Å²) in [6, 6.07) is 0. The Kier molecular flexibility index (Phi) is 6.09. The van der Waals surface area contributed by atoms with Gasteiger partial charge in [0.25, 0.3) is 5.91 Å². The van der Waals surface area contributed by atoms with Crippen LogP contribution in [0.5, 0.6) is 0 Å². The maximum atomic E-state index is 12.4. The molecule has 0 aromatic carbocycles. The average molecular weight is 374 g/mol. The molecule has 3 N–H and O–H groups in total. The van der Waals surface area contributed by atoms with Crippen LogP contribution in [-0.4, -0.2) is 44.9 Å². The Hall–Kier alpha value is -1.77. The summed E-state index contributed by atoms with van der Waals surface area (Å²) in [5.74, 6) is 1.66. The van der Waals surface area contributed by atoms with Gasteiger partial charge in [0.1, 0.15) is 23.0 Å². The minimum atomic E-state index is -0.184. The van der Waals surface area contributed by atoms with Gasteiger partial charge in [-0.25, -0.2) is 9.67 Å². The molecule has 0 aliphatic carbocycles. The van der Waals surface area contributed by atoms with Gasteiger partial charge in [-0.15, -0.1) is 24.8 Å². The predicted octanol–water partition coefficient (Wildman–Crippen LogP) is 1.14. The Labute approximate surface area is 152 Å². The first-order valence-corrected chi connectivity index (χ1v) is 7.69. The molecule has 0 radical (unpaired) electrons. The number of rotatable bonds is 2. The number of aryl methyl sites for hydroxylation is 1. The molecule has 0 unspecified atom stereocenters. The van der Waals surface area contributed by atoms with Crippen LogP contribution in [0.2, 0.25) is 0 Å². The van der Waals surface area contributed by atoms with Crippen LogP contribution in [0.1, 0.15) is 22.7 Å². The van der Waals surface area contributed by atoms with Crippen LogP contribution in [0.15, 0.2) is 12.4 Å². The average Bonchev–Trinajstić information content (AvgIpc) is 3.06. The van der Waals surface area contributed by atoms with E-state index in [-0.39, 0.29) is 30.7 Å². The van der Waals surface area contributed by atoms with Crippen LogP contribution < -0.4 is 16.0 Å². The van der Waals surface area contributed by atoms with Gasteiger partial charge in [0, 0.05) is 45.3 Å². The lowest BCUT2D eigenvalue weighted by atomic mass is 10.3. The molecule has 4 rings (SSSR count). The molecule has 1 amide bonds. The Bertz CT molecular complexity index is 689. The molecule has 0 spiro atoms. The summed E-state index contributed by atoms with van der Waals surface area (Å²) in [7, 11) is 0. The Morgan fingerprint density at radius 3 is 2.96 bits per heavy atom. The normalized spacial score (nSPS) is 15.7. The van der Waals surface area contributed by atoms with Crippen molar-refractivity contribution in [2.75, 3.05) is 30.3 Å². The van der Waals surface area contributed by atoms with Crippen LogP contribution >= 0.6 is 24.8 Å². The van der Waals surface area contributed by atoms with E-state index in [1.54, 1.807) is 6.20 Å².